The van der Waals surface area contributed by atoms with E-state index in [1.54, 1.807) is 20.8 Å². The average molecular weight is 307 g/mol. The molecule has 1 unspecified atom stereocenters. The summed E-state index contributed by atoms with van der Waals surface area (Å²) in [6.45, 7) is 5.32. The van der Waals surface area contributed by atoms with Crippen LogP contribution in [0.4, 0.5) is 0 Å². The first-order chi connectivity index (χ1) is 10.5. The molecule has 6 nitrogen and oxygen atoms in total. The molecule has 1 atom stereocenters. The highest BCUT2D eigenvalue weighted by Crippen LogP contribution is 2.23. The Balaban J connectivity index is 2.19. The Hall–Kier alpha value is -2.11. The number of ether oxygens (including phenoxy) is 2. The van der Waals surface area contributed by atoms with Crippen molar-refractivity contribution in [3.63, 3.8) is 0 Å². The van der Waals surface area contributed by atoms with Gasteiger partial charge in [0, 0.05) is 12.1 Å². The number of esters is 2. The molecule has 1 aliphatic rings. The van der Waals surface area contributed by atoms with Gasteiger partial charge in [0.25, 0.3) is 0 Å². The van der Waals surface area contributed by atoms with Gasteiger partial charge in [-0.05, 0) is 45.6 Å². The average Bonchev–Trinajstić information content (AvgIpc) is 2.77. The molecule has 0 spiro atoms. The Morgan fingerprint density at radius 3 is 2.59 bits per heavy atom. The Labute approximate surface area is 129 Å². The Morgan fingerprint density at radius 1 is 1.23 bits per heavy atom. The van der Waals surface area contributed by atoms with Gasteiger partial charge in [-0.3, -0.25) is 4.79 Å². The van der Waals surface area contributed by atoms with Gasteiger partial charge in [0.15, 0.2) is 11.9 Å². The SMILES string of the molecule is CCOC(=O)c1[nH]c(C)c(C(=O)OC2CCCCC2=O)c1C. The summed E-state index contributed by atoms with van der Waals surface area (Å²) >= 11 is 0. The number of hydrogen-bond acceptors (Lipinski definition) is 5. The number of carbonyl (C=O) groups excluding carboxylic acids is 3. The van der Waals surface area contributed by atoms with Gasteiger partial charge in [0.2, 0.25) is 0 Å². The van der Waals surface area contributed by atoms with E-state index < -0.39 is 18.0 Å². The molecule has 1 heterocycles. The van der Waals surface area contributed by atoms with Gasteiger partial charge in [0.1, 0.15) is 5.69 Å². The zero-order chi connectivity index (χ0) is 16.3. The predicted octanol–water partition coefficient (Wildman–Crippen LogP) is 2.48. The summed E-state index contributed by atoms with van der Waals surface area (Å²) in [6, 6.07) is 0. The smallest absolute Gasteiger partial charge is 0.355 e. The van der Waals surface area contributed by atoms with Crippen LogP contribution in [-0.4, -0.2) is 35.4 Å². The fourth-order valence-corrected chi connectivity index (χ4v) is 2.73. The highest BCUT2D eigenvalue weighted by Gasteiger charge is 2.29. The van der Waals surface area contributed by atoms with Crippen molar-refractivity contribution >= 4 is 17.7 Å². The van der Waals surface area contributed by atoms with E-state index in [4.69, 9.17) is 9.47 Å². The molecule has 1 N–H and O–H groups in total. The molecule has 1 aromatic heterocycles. The van der Waals surface area contributed by atoms with Crippen molar-refractivity contribution in [3.8, 4) is 0 Å². The lowest BCUT2D eigenvalue weighted by Crippen LogP contribution is -2.30. The Morgan fingerprint density at radius 2 is 1.95 bits per heavy atom. The summed E-state index contributed by atoms with van der Waals surface area (Å²) in [4.78, 5) is 38.8. The molecule has 0 aliphatic heterocycles. The molecule has 1 aromatic rings. The van der Waals surface area contributed by atoms with Gasteiger partial charge in [0.05, 0.1) is 12.2 Å². The van der Waals surface area contributed by atoms with Crippen LogP contribution in [0.2, 0.25) is 0 Å². The summed E-state index contributed by atoms with van der Waals surface area (Å²) in [5.41, 5.74) is 1.58. The van der Waals surface area contributed by atoms with Crippen molar-refractivity contribution in [2.24, 2.45) is 0 Å². The third-order valence-electron chi connectivity index (χ3n) is 3.87. The fourth-order valence-electron chi connectivity index (χ4n) is 2.73. The van der Waals surface area contributed by atoms with Gasteiger partial charge in [-0.25, -0.2) is 9.59 Å². The molecule has 1 fully saturated rings. The Kier molecular flexibility index (Phi) is 5.00. The number of hydrogen-bond donors (Lipinski definition) is 1. The monoisotopic (exact) mass is 307 g/mol. The van der Waals surface area contributed by atoms with Crippen LogP contribution in [0, 0.1) is 13.8 Å². The zero-order valence-electron chi connectivity index (χ0n) is 13.2. The summed E-state index contributed by atoms with van der Waals surface area (Å²) in [5, 5.41) is 0. The summed E-state index contributed by atoms with van der Waals surface area (Å²) < 4.78 is 10.3. The molecule has 2 rings (SSSR count). The van der Waals surface area contributed by atoms with Crippen LogP contribution in [0.5, 0.6) is 0 Å². The second-order valence-corrected chi connectivity index (χ2v) is 5.45. The highest BCUT2D eigenvalue weighted by molar-refractivity contribution is 5.99. The van der Waals surface area contributed by atoms with Crippen LogP contribution in [-0.2, 0) is 14.3 Å². The van der Waals surface area contributed by atoms with Gasteiger partial charge in [-0.1, -0.05) is 0 Å². The van der Waals surface area contributed by atoms with E-state index in [1.807, 2.05) is 0 Å². The second-order valence-electron chi connectivity index (χ2n) is 5.45. The maximum absolute atomic E-state index is 12.3. The molecule has 120 valence electrons. The number of rotatable bonds is 4. The van der Waals surface area contributed by atoms with E-state index in [0.717, 1.165) is 12.8 Å². The van der Waals surface area contributed by atoms with Gasteiger partial charge in [-0.15, -0.1) is 0 Å². The molecule has 0 saturated heterocycles. The third-order valence-corrected chi connectivity index (χ3v) is 3.87. The van der Waals surface area contributed by atoms with E-state index in [-0.39, 0.29) is 18.1 Å². The first kappa shape index (κ1) is 16.3. The summed E-state index contributed by atoms with van der Waals surface area (Å²) in [5.74, 6) is -1.10. The molecule has 6 heteroatoms. The van der Waals surface area contributed by atoms with E-state index >= 15 is 0 Å². The largest absolute Gasteiger partial charge is 0.461 e. The number of aryl methyl sites for hydroxylation is 1. The first-order valence-corrected chi connectivity index (χ1v) is 7.55. The molecule has 0 radical (unpaired) electrons. The zero-order valence-corrected chi connectivity index (χ0v) is 13.2. The number of Topliss-reactive ketones (excluding diaryl/α,β-unsaturated/α-hetero) is 1. The van der Waals surface area contributed by atoms with Crippen molar-refractivity contribution in [3.05, 3.63) is 22.5 Å². The van der Waals surface area contributed by atoms with Gasteiger partial charge < -0.3 is 14.5 Å². The quantitative estimate of drug-likeness (QED) is 0.864. The standard InChI is InChI=1S/C16H21NO5/c1-4-21-16(20)14-9(2)13(10(3)17-14)15(19)22-12-8-6-5-7-11(12)18/h12,17H,4-8H2,1-3H3. The van der Waals surface area contributed by atoms with Crippen molar-refractivity contribution < 1.29 is 23.9 Å². The minimum Gasteiger partial charge on any atom is -0.461 e. The minimum absolute atomic E-state index is 0.0314. The maximum atomic E-state index is 12.3. The van der Waals surface area contributed by atoms with Crippen LogP contribution in [0.1, 0.15) is 64.7 Å². The number of H-pyrrole nitrogens is 1. The first-order valence-electron chi connectivity index (χ1n) is 7.55. The lowest BCUT2D eigenvalue weighted by atomic mass is 9.96. The van der Waals surface area contributed by atoms with E-state index in [2.05, 4.69) is 4.98 Å². The van der Waals surface area contributed by atoms with Crippen LogP contribution in [0.3, 0.4) is 0 Å². The third kappa shape index (κ3) is 3.21. The minimum atomic E-state index is -0.666. The van der Waals surface area contributed by atoms with Gasteiger partial charge in [-0.2, -0.15) is 0 Å². The van der Waals surface area contributed by atoms with Crippen molar-refractivity contribution in [1.82, 2.24) is 4.98 Å². The maximum Gasteiger partial charge on any atom is 0.355 e. The number of aromatic nitrogens is 1. The van der Waals surface area contributed by atoms with Crippen molar-refractivity contribution in [2.45, 2.75) is 52.6 Å². The normalized spacial score (nSPS) is 18.1. The van der Waals surface area contributed by atoms with Crippen LogP contribution in [0.15, 0.2) is 0 Å². The molecular weight excluding hydrogens is 286 g/mol. The molecule has 22 heavy (non-hydrogen) atoms. The van der Waals surface area contributed by atoms with Crippen LogP contribution in [0.25, 0.3) is 0 Å². The summed E-state index contributed by atoms with van der Waals surface area (Å²) in [7, 11) is 0. The van der Waals surface area contributed by atoms with E-state index in [1.165, 1.54) is 0 Å². The lowest BCUT2D eigenvalue weighted by molar-refractivity contribution is -0.129. The van der Waals surface area contributed by atoms with Crippen molar-refractivity contribution in [1.29, 1.82) is 0 Å². The topological polar surface area (TPSA) is 85.5 Å². The van der Waals surface area contributed by atoms with Crippen LogP contribution >= 0.6 is 0 Å². The van der Waals surface area contributed by atoms with E-state index in [0.29, 0.717) is 29.7 Å². The van der Waals surface area contributed by atoms with Crippen LogP contribution < -0.4 is 0 Å². The number of aromatic amines is 1. The highest BCUT2D eigenvalue weighted by atomic mass is 16.5. The molecular formula is C16H21NO5. The molecule has 1 aliphatic carbocycles. The molecule has 0 aromatic carbocycles. The predicted molar refractivity (Wildman–Crippen MR) is 78.9 cm³/mol. The number of ketones is 1. The van der Waals surface area contributed by atoms with Crippen molar-refractivity contribution in [2.75, 3.05) is 6.61 Å². The molecule has 0 bridgehead atoms. The number of nitrogens with one attached hydrogen (secondary N) is 1. The fraction of sp³-hybridized carbons (Fsp3) is 0.562. The van der Waals surface area contributed by atoms with E-state index in [9.17, 15) is 14.4 Å². The lowest BCUT2D eigenvalue weighted by Gasteiger charge is -2.20. The Bertz CT molecular complexity index is 602. The number of carbonyl (C=O) groups is 3. The second kappa shape index (κ2) is 6.77. The molecule has 0 amide bonds. The molecule has 1 saturated carbocycles. The van der Waals surface area contributed by atoms with Gasteiger partial charge >= 0.3 is 11.9 Å². The summed E-state index contributed by atoms with van der Waals surface area (Å²) in [6.07, 6.45) is 2.08.